The Kier molecular flexibility index (Phi) is 4.17. The van der Waals surface area contributed by atoms with Crippen LogP contribution in [0, 0.1) is 0 Å². The number of carbonyl (C=O) groups is 1. The van der Waals surface area contributed by atoms with Gasteiger partial charge in [0, 0.05) is 32.1 Å². The van der Waals surface area contributed by atoms with Crippen LogP contribution in [0.2, 0.25) is 0 Å². The van der Waals surface area contributed by atoms with Gasteiger partial charge in [0.2, 0.25) is 11.6 Å². The normalized spacial score (nSPS) is 18.8. The van der Waals surface area contributed by atoms with Crippen LogP contribution in [0.1, 0.15) is 52.5 Å². The van der Waals surface area contributed by atoms with E-state index in [-0.39, 0.29) is 12.5 Å². The fourth-order valence-electron chi connectivity index (χ4n) is 3.14. The lowest BCUT2D eigenvalue weighted by atomic mass is 10.0. The number of ether oxygens (including phenoxy) is 1. The highest BCUT2D eigenvalue weighted by atomic mass is 19.4. The number of halogens is 3. The van der Waals surface area contributed by atoms with Crippen LogP contribution in [0.15, 0.2) is 4.42 Å². The summed E-state index contributed by atoms with van der Waals surface area (Å²) in [6, 6.07) is 0. The summed E-state index contributed by atoms with van der Waals surface area (Å²) >= 11 is 0. The van der Waals surface area contributed by atoms with Crippen molar-refractivity contribution in [2.24, 2.45) is 0 Å². The van der Waals surface area contributed by atoms with Gasteiger partial charge in [0.15, 0.2) is 5.89 Å². The first-order valence-electron chi connectivity index (χ1n) is 8.27. The number of nitrogens with zero attached hydrogens (tertiary/aromatic N) is 4. The molecule has 2 aromatic heterocycles. The molecular weight excluding hydrogens is 355 g/mol. The van der Waals surface area contributed by atoms with Crippen LogP contribution in [0.4, 0.5) is 13.2 Å². The Morgan fingerprint density at radius 3 is 2.69 bits per heavy atom. The monoisotopic (exact) mass is 371 g/mol. The molecule has 1 saturated heterocycles. The smallest absolute Gasteiger partial charge is 0.445 e. The second kappa shape index (κ2) is 6.38. The molecule has 0 aromatic carbocycles. The minimum absolute atomic E-state index is 0.163. The molecule has 1 fully saturated rings. The van der Waals surface area contributed by atoms with Crippen molar-refractivity contribution < 1.29 is 27.1 Å². The van der Waals surface area contributed by atoms with Gasteiger partial charge >= 0.3 is 6.18 Å². The first-order chi connectivity index (χ1) is 12.4. The van der Waals surface area contributed by atoms with Crippen LogP contribution in [-0.2, 0) is 23.9 Å². The Bertz CT molecular complexity index is 810. The molecule has 0 spiro atoms. The molecule has 2 aliphatic heterocycles. The Hall–Kier alpha value is -2.43. The molecule has 8 nitrogen and oxygen atoms in total. The van der Waals surface area contributed by atoms with Gasteiger partial charge in [-0.05, 0) is 12.8 Å². The standard InChI is InChI=1S/C15H16F3N5O3/c16-15(17,18)14-20-11(21-22-14)13(24)23-4-1-10-9(7-23)19-12(26-10)8-2-5-25-6-3-8/h8H,1-7H2,(H,20,21,22). The molecule has 0 radical (unpaired) electrons. The lowest BCUT2D eigenvalue weighted by Crippen LogP contribution is -2.36. The second-order valence-corrected chi connectivity index (χ2v) is 6.29. The van der Waals surface area contributed by atoms with Crippen LogP contribution in [0.5, 0.6) is 0 Å². The van der Waals surface area contributed by atoms with E-state index in [1.807, 2.05) is 0 Å². The van der Waals surface area contributed by atoms with Crippen molar-refractivity contribution in [3.05, 3.63) is 29.0 Å². The van der Waals surface area contributed by atoms with Gasteiger partial charge in [0.05, 0.1) is 6.54 Å². The third kappa shape index (κ3) is 3.18. The Morgan fingerprint density at radius 1 is 1.23 bits per heavy atom. The van der Waals surface area contributed by atoms with Crippen molar-refractivity contribution >= 4 is 5.91 Å². The van der Waals surface area contributed by atoms with Crippen LogP contribution in [-0.4, -0.2) is 50.7 Å². The van der Waals surface area contributed by atoms with Gasteiger partial charge in [-0.1, -0.05) is 0 Å². The van der Waals surface area contributed by atoms with Crippen LogP contribution in [0.25, 0.3) is 0 Å². The Labute approximate surface area is 145 Å². The lowest BCUT2D eigenvalue weighted by Gasteiger charge is -2.23. The summed E-state index contributed by atoms with van der Waals surface area (Å²) in [7, 11) is 0. The van der Waals surface area contributed by atoms with E-state index in [9.17, 15) is 18.0 Å². The van der Waals surface area contributed by atoms with Gasteiger partial charge in [0.1, 0.15) is 11.5 Å². The number of aromatic amines is 1. The molecular formula is C15H16F3N5O3. The van der Waals surface area contributed by atoms with E-state index in [0.29, 0.717) is 37.8 Å². The molecule has 140 valence electrons. The summed E-state index contributed by atoms with van der Waals surface area (Å²) in [6.07, 6.45) is -2.56. The fourth-order valence-corrected chi connectivity index (χ4v) is 3.14. The molecule has 1 N–H and O–H groups in total. The summed E-state index contributed by atoms with van der Waals surface area (Å²) in [5.41, 5.74) is 0.637. The number of fused-ring (bicyclic) bond motifs is 1. The molecule has 0 aliphatic carbocycles. The average Bonchev–Trinajstić information content (AvgIpc) is 3.28. The van der Waals surface area contributed by atoms with Gasteiger partial charge in [0.25, 0.3) is 5.91 Å². The van der Waals surface area contributed by atoms with Crippen LogP contribution in [0.3, 0.4) is 0 Å². The first-order valence-corrected chi connectivity index (χ1v) is 8.27. The third-order valence-corrected chi connectivity index (χ3v) is 4.55. The lowest BCUT2D eigenvalue weighted by molar-refractivity contribution is -0.144. The number of hydrogen-bond donors (Lipinski definition) is 1. The zero-order valence-corrected chi connectivity index (χ0v) is 13.7. The van der Waals surface area contributed by atoms with Crippen LogP contribution >= 0.6 is 0 Å². The van der Waals surface area contributed by atoms with Crippen LogP contribution < -0.4 is 0 Å². The molecule has 4 heterocycles. The molecule has 0 saturated carbocycles. The highest BCUT2D eigenvalue weighted by Crippen LogP contribution is 2.30. The molecule has 0 bridgehead atoms. The molecule has 0 atom stereocenters. The zero-order valence-electron chi connectivity index (χ0n) is 13.7. The maximum atomic E-state index is 12.6. The number of carbonyl (C=O) groups excluding carboxylic acids is 1. The number of amides is 1. The summed E-state index contributed by atoms with van der Waals surface area (Å²) in [4.78, 5) is 21.5. The van der Waals surface area contributed by atoms with Crippen molar-refractivity contribution in [2.75, 3.05) is 19.8 Å². The van der Waals surface area contributed by atoms with Gasteiger partial charge in [-0.2, -0.15) is 18.2 Å². The number of nitrogens with one attached hydrogen (secondary N) is 1. The number of alkyl halides is 3. The number of rotatable bonds is 2. The summed E-state index contributed by atoms with van der Waals surface area (Å²) in [5.74, 6) is -0.902. The van der Waals surface area contributed by atoms with E-state index in [1.165, 1.54) is 4.90 Å². The van der Waals surface area contributed by atoms with Crippen molar-refractivity contribution in [3.8, 4) is 0 Å². The van der Waals surface area contributed by atoms with Gasteiger partial charge in [-0.25, -0.2) is 4.98 Å². The molecule has 2 aromatic rings. The van der Waals surface area contributed by atoms with E-state index in [2.05, 4.69) is 15.1 Å². The van der Waals surface area contributed by atoms with Gasteiger partial charge in [-0.15, -0.1) is 5.10 Å². The number of hydrogen-bond acceptors (Lipinski definition) is 6. The number of H-pyrrole nitrogens is 1. The molecule has 26 heavy (non-hydrogen) atoms. The first kappa shape index (κ1) is 17.0. The maximum Gasteiger partial charge on any atom is 0.451 e. The van der Waals surface area contributed by atoms with Gasteiger partial charge in [-0.3, -0.25) is 9.89 Å². The highest BCUT2D eigenvalue weighted by Gasteiger charge is 2.37. The predicted molar refractivity (Wildman–Crippen MR) is 79.1 cm³/mol. The van der Waals surface area contributed by atoms with E-state index in [0.717, 1.165) is 18.6 Å². The summed E-state index contributed by atoms with van der Waals surface area (Å²) in [5, 5.41) is 5.14. The van der Waals surface area contributed by atoms with E-state index >= 15 is 0 Å². The topological polar surface area (TPSA) is 97.1 Å². The van der Waals surface area contributed by atoms with Crippen molar-refractivity contribution in [1.29, 1.82) is 0 Å². The second-order valence-electron chi connectivity index (χ2n) is 6.29. The minimum atomic E-state index is -4.68. The van der Waals surface area contributed by atoms with Crippen molar-refractivity contribution in [3.63, 3.8) is 0 Å². The SMILES string of the molecule is O=C(c1n[nH]c(C(F)(F)F)n1)N1CCc2oc(C3CCOCC3)nc2C1. The van der Waals surface area contributed by atoms with Gasteiger partial charge < -0.3 is 14.1 Å². The largest absolute Gasteiger partial charge is 0.451 e. The predicted octanol–water partition coefficient (Wildman–Crippen LogP) is 1.90. The summed E-state index contributed by atoms with van der Waals surface area (Å²) < 4.78 is 48.9. The molecule has 1 amide bonds. The third-order valence-electron chi connectivity index (χ3n) is 4.55. The molecule has 2 aliphatic rings. The number of oxazole rings is 1. The van der Waals surface area contributed by atoms with E-state index < -0.39 is 23.7 Å². The maximum absolute atomic E-state index is 12.6. The van der Waals surface area contributed by atoms with Crippen molar-refractivity contribution in [2.45, 2.75) is 37.9 Å². The molecule has 11 heteroatoms. The minimum Gasteiger partial charge on any atom is -0.445 e. The van der Waals surface area contributed by atoms with E-state index in [1.54, 1.807) is 5.10 Å². The zero-order chi connectivity index (χ0) is 18.3. The Morgan fingerprint density at radius 2 is 2.00 bits per heavy atom. The fraction of sp³-hybridized carbons (Fsp3) is 0.600. The quantitative estimate of drug-likeness (QED) is 0.866. The molecule has 4 rings (SSSR count). The summed E-state index contributed by atoms with van der Waals surface area (Å²) in [6.45, 7) is 1.80. The van der Waals surface area contributed by atoms with E-state index in [4.69, 9.17) is 9.15 Å². The number of aromatic nitrogens is 4. The highest BCUT2D eigenvalue weighted by molar-refractivity contribution is 5.90. The van der Waals surface area contributed by atoms with Crippen molar-refractivity contribution in [1.82, 2.24) is 25.1 Å². The Balaban J connectivity index is 1.48. The molecule has 0 unspecified atom stereocenters. The average molecular weight is 371 g/mol.